The van der Waals surface area contributed by atoms with Gasteiger partial charge in [0, 0.05) is 24.6 Å². The van der Waals surface area contributed by atoms with E-state index in [9.17, 15) is 9.59 Å². The van der Waals surface area contributed by atoms with Crippen molar-refractivity contribution in [1.82, 2.24) is 9.88 Å². The van der Waals surface area contributed by atoms with Crippen LogP contribution in [-0.4, -0.2) is 21.7 Å². The Balaban J connectivity index is 2.20. The highest BCUT2D eigenvalue weighted by molar-refractivity contribution is 5.96. The molecule has 2 heterocycles. The smallest absolute Gasteiger partial charge is 0.229 e. The second-order valence-corrected chi connectivity index (χ2v) is 4.24. The van der Waals surface area contributed by atoms with E-state index in [1.54, 1.807) is 18.3 Å². The van der Waals surface area contributed by atoms with Gasteiger partial charge < -0.3 is 5.43 Å². The van der Waals surface area contributed by atoms with E-state index in [0.717, 1.165) is 18.4 Å². The first kappa shape index (κ1) is 12.5. The van der Waals surface area contributed by atoms with Gasteiger partial charge in [0.25, 0.3) is 0 Å². The van der Waals surface area contributed by atoms with Gasteiger partial charge in [0.05, 0.1) is 6.54 Å². The van der Waals surface area contributed by atoms with Crippen molar-refractivity contribution < 1.29 is 9.59 Å². The van der Waals surface area contributed by atoms with E-state index in [0.29, 0.717) is 18.7 Å². The van der Waals surface area contributed by atoms with Crippen LogP contribution in [0.5, 0.6) is 0 Å². The fourth-order valence-electron chi connectivity index (χ4n) is 2.00. The summed E-state index contributed by atoms with van der Waals surface area (Å²) in [6.07, 6.45) is 4.01. The van der Waals surface area contributed by atoms with Crippen LogP contribution in [0, 0.1) is 0 Å². The summed E-state index contributed by atoms with van der Waals surface area (Å²) >= 11 is 0. The molecule has 0 atom stereocenters. The van der Waals surface area contributed by atoms with Crippen LogP contribution in [-0.2, 0) is 16.1 Å². The maximum Gasteiger partial charge on any atom is 0.229 e. The van der Waals surface area contributed by atoms with E-state index in [-0.39, 0.29) is 18.4 Å². The number of hydrazine groups is 1. The third-order valence-electron chi connectivity index (χ3n) is 2.99. The Morgan fingerprint density at radius 3 is 2.56 bits per heavy atom. The molecule has 18 heavy (non-hydrogen) atoms. The Bertz CT molecular complexity index is 443. The number of anilines is 1. The molecule has 1 fully saturated rings. The maximum absolute atomic E-state index is 11.9. The van der Waals surface area contributed by atoms with Crippen LogP contribution in [0.2, 0.25) is 0 Å². The SMILES string of the molecule is NNc1ncccc1CN1C(=O)CCCCC1=O. The molecule has 1 aliphatic heterocycles. The van der Waals surface area contributed by atoms with Gasteiger partial charge in [-0.3, -0.25) is 14.5 Å². The molecule has 0 saturated carbocycles. The van der Waals surface area contributed by atoms with Crippen molar-refractivity contribution in [2.75, 3.05) is 5.43 Å². The number of nitrogen functional groups attached to an aromatic ring is 1. The van der Waals surface area contributed by atoms with Crippen molar-refractivity contribution in [1.29, 1.82) is 0 Å². The number of nitrogens with one attached hydrogen (secondary N) is 1. The second-order valence-electron chi connectivity index (χ2n) is 4.24. The molecule has 0 aliphatic carbocycles. The standard InChI is InChI=1S/C12H16N4O2/c13-15-12-9(4-3-7-14-12)8-16-10(17)5-1-2-6-11(16)18/h3-4,7H,1-2,5-6,8,13H2,(H,14,15). The number of hydrogen-bond donors (Lipinski definition) is 2. The molecule has 1 aromatic rings. The summed E-state index contributed by atoms with van der Waals surface area (Å²) < 4.78 is 0. The van der Waals surface area contributed by atoms with Crippen molar-refractivity contribution in [3.05, 3.63) is 23.9 Å². The summed E-state index contributed by atoms with van der Waals surface area (Å²) in [6.45, 7) is 0.227. The fourth-order valence-corrected chi connectivity index (χ4v) is 2.00. The van der Waals surface area contributed by atoms with Crippen molar-refractivity contribution in [2.24, 2.45) is 5.84 Å². The summed E-state index contributed by atoms with van der Waals surface area (Å²) in [4.78, 5) is 29.1. The summed E-state index contributed by atoms with van der Waals surface area (Å²) in [7, 11) is 0. The van der Waals surface area contributed by atoms with Gasteiger partial charge >= 0.3 is 0 Å². The molecule has 1 aliphatic rings. The highest BCUT2D eigenvalue weighted by Crippen LogP contribution is 2.18. The van der Waals surface area contributed by atoms with E-state index in [2.05, 4.69) is 10.4 Å². The third-order valence-corrected chi connectivity index (χ3v) is 2.99. The minimum atomic E-state index is -0.121. The summed E-state index contributed by atoms with van der Waals surface area (Å²) in [5.74, 6) is 5.60. The monoisotopic (exact) mass is 248 g/mol. The van der Waals surface area contributed by atoms with Gasteiger partial charge in [0.2, 0.25) is 11.8 Å². The van der Waals surface area contributed by atoms with E-state index in [1.165, 1.54) is 4.90 Å². The minimum Gasteiger partial charge on any atom is -0.308 e. The lowest BCUT2D eigenvalue weighted by Gasteiger charge is -2.19. The zero-order valence-electron chi connectivity index (χ0n) is 10.1. The molecule has 1 saturated heterocycles. The number of carbonyl (C=O) groups is 2. The number of hydrogen-bond acceptors (Lipinski definition) is 5. The van der Waals surface area contributed by atoms with Crippen molar-refractivity contribution in [3.8, 4) is 0 Å². The number of likely N-dealkylation sites (tertiary alicyclic amines) is 1. The first-order valence-electron chi connectivity index (χ1n) is 5.96. The Morgan fingerprint density at radius 2 is 1.94 bits per heavy atom. The van der Waals surface area contributed by atoms with Crippen LogP contribution in [0.4, 0.5) is 5.82 Å². The lowest BCUT2D eigenvalue weighted by atomic mass is 10.2. The van der Waals surface area contributed by atoms with Crippen molar-refractivity contribution >= 4 is 17.6 Å². The molecule has 0 spiro atoms. The van der Waals surface area contributed by atoms with Gasteiger partial charge in [-0.25, -0.2) is 10.8 Å². The molecular formula is C12H16N4O2. The zero-order valence-corrected chi connectivity index (χ0v) is 10.1. The van der Waals surface area contributed by atoms with Crippen LogP contribution in [0.25, 0.3) is 0 Å². The normalized spacial score (nSPS) is 16.6. The number of amides is 2. The van der Waals surface area contributed by atoms with Crippen LogP contribution >= 0.6 is 0 Å². The molecule has 2 rings (SSSR count). The predicted octanol–water partition coefficient (Wildman–Crippen LogP) is 0.796. The number of nitrogens with two attached hydrogens (primary N) is 1. The number of rotatable bonds is 3. The molecule has 3 N–H and O–H groups in total. The van der Waals surface area contributed by atoms with Gasteiger partial charge in [-0.15, -0.1) is 0 Å². The Kier molecular flexibility index (Phi) is 3.88. The number of nitrogens with zero attached hydrogens (tertiary/aromatic N) is 2. The van der Waals surface area contributed by atoms with Crippen LogP contribution in [0.1, 0.15) is 31.2 Å². The number of pyridine rings is 1. The third kappa shape index (κ3) is 2.65. The molecule has 6 nitrogen and oxygen atoms in total. The van der Waals surface area contributed by atoms with Gasteiger partial charge in [-0.1, -0.05) is 6.07 Å². The van der Waals surface area contributed by atoms with E-state index in [1.807, 2.05) is 0 Å². The summed E-state index contributed by atoms with van der Waals surface area (Å²) in [5.41, 5.74) is 3.21. The Labute approximate surface area is 105 Å². The quantitative estimate of drug-likeness (QED) is 0.469. The summed E-state index contributed by atoms with van der Waals surface area (Å²) in [6, 6.07) is 3.55. The molecule has 0 unspecified atom stereocenters. The minimum absolute atomic E-state index is 0.121. The Morgan fingerprint density at radius 1 is 1.28 bits per heavy atom. The lowest BCUT2D eigenvalue weighted by molar-refractivity contribution is -0.144. The van der Waals surface area contributed by atoms with Crippen LogP contribution in [0.15, 0.2) is 18.3 Å². The highest BCUT2D eigenvalue weighted by atomic mass is 16.2. The maximum atomic E-state index is 11.9. The first-order valence-corrected chi connectivity index (χ1v) is 5.96. The van der Waals surface area contributed by atoms with Gasteiger partial charge in [-0.2, -0.15) is 0 Å². The van der Waals surface area contributed by atoms with Gasteiger partial charge in [-0.05, 0) is 18.9 Å². The largest absolute Gasteiger partial charge is 0.308 e. The second kappa shape index (κ2) is 5.59. The molecule has 6 heteroatoms. The first-order chi connectivity index (χ1) is 8.72. The average molecular weight is 248 g/mol. The fraction of sp³-hybridized carbons (Fsp3) is 0.417. The van der Waals surface area contributed by atoms with Crippen LogP contribution in [0.3, 0.4) is 0 Å². The zero-order chi connectivity index (χ0) is 13.0. The van der Waals surface area contributed by atoms with Crippen molar-refractivity contribution in [3.63, 3.8) is 0 Å². The highest BCUT2D eigenvalue weighted by Gasteiger charge is 2.24. The molecule has 0 radical (unpaired) electrons. The Hall–Kier alpha value is -1.95. The topological polar surface area (TPSA) is 88.3 Å². The molecule has 96 valence electrons. The molecule has 1 aromatic heterocycles. The van der Waals surface area contributed by atoms with E-state index < -0.39 is 0 Å². The van der Waals surface area contributed by atoms with Crippen molar-refractivity contribution in [2.45, 2.75) is 32.2 Å². The predicted molar refractivity (Wildman–Crippen MR) is 66.1 cm³/mol. The molecule has 2 amide bonds. The average Bonchev–Trinajstić information content (AvgIpc) is 2.54. The number of aromatic nitrogens is 1. The molecule has 0 bridgehead atoms. The molecular weight excluding hydrogens is 232 g/mol. The van der Waals surface area contributed by atoms with Crippen LogP contribution < -0.4 is 11.3 Å². The summed E-state index contributed by atoms with van der Waals surface area (Å²) in [5, 5.41) is 0. The van der Waals surface area contributed by atoms with E-state index in [4.69, 9.17) is 5.84 Å². The number of carbonyl (C=O) groups excluding carboxylic acids is 2. The lowest BCUT2D eigenvalue weighted by Crippen LogP contribution is -2.34. The van der Waals surface area contributed by atoms with Gasteiger partial charge in [0.1, 0.15) is 5.82 Å². The molecule has 0 aromatic carbocycles. The number of imide groups is 1. The van der Waals surface area contributed by atoms with Gasteiger partial charge in [0.15, 0.2) is 0 Å². The van der Waals surface area contributed by atoms with E-state index >= 15 is 0 Å².